The van der Waals surface area contributed by atoms with Gasteiger partial charge in [-0.3, -0.25) is 0 Å². The van der Waals surface area contributed by atoms with Gasteiger partial charge < -0.3 is 19.3 Å². The van der Waals surface area contributed by atoms with Crippen LogP contribution in [0.3, 0.4) is 0 Å². The quantitative estimate of drug-likeness (QED) is 0.822. The fourth-order valence-electron chi connectivity index (χ4n) is 1.78. The van der Waals surface area contributed by atoms with Gasteiger partial charge >= 0.3 is 0 Å². The van der Waals surface area contributed by atoms with Gasteiger partial charge in [0.1, 0.15) is 24.7 Å². The summed E-state index contributed by atoms with van der Waals surface area (Å²) in [6.45, 7) is 2.78. The molecule has 0 atom stereocenters. The summed E-state index contributed by atoms with van der Waals surface area (Å²) < 4.78 is 16.4. The highest BCUT2D eigenvalue weighted by molar-refractivity contribution is 5.42. The Bertz CT molecular complexity index is 566. The molecule has 0 radical (unpaired) electrons. The Hall–Kier alpha value is -2.36. The standard InChI is InChI=1S/C16H18O4/c1-12-6-7-15(16(10-12)18-2)20-9-8-19-14-5-3-4-13(17)11-14/h3-7,10-11,17H,8-9H2,1-2H3. The van der Waals surface area contributed by atoms with Gasteiger partial charge in [0.25, 0.3) is 0 Å². The highest BCUT2D eigenvalue weighted by atomic mass is 16.5. The summed E-state index contributed by atoms with van der Waals surface area (Å²) in [5, 5.41) is 9.31. The van der Waals surface area contributed by atoms with Gasteiger partial charge in [-0.05, 0) is 36.8 Å². The second-order valence-electron chi connectivity index (χ2n) is 4.35. The lowest BCUT2D eigenvalue weighted by Crippen LogP contribution is -2.09. The maximum atomic E-state index is 9.31. The van der Waals surface area contributed by atoms with Crippen LogP contribution in [0.2, 0.25) is 0 Å². The molecule has 4 nitrogen and oxygen atoms in total. The van der Waals surface area contributed by atoms with Crippen molar-refractivity contribution in [2.45, 2.75) is 6.92 Å². The predicted molar refractivity (Wildman–Crippen MR) is 76.8 cm³/mol. The van der Waals surface area contributed by atoms with Crippen molar-refractivity contribution in [2.75, 3.05) is 20.3 Å². The minimum atomic E-state index is 0.184. The first-order valence-electron chi connectivity index (χ1n) is 6.38. The van der Waals surface area contributed by atoms with Crippen LogP contribution >= 0.6 is 0 Å². The third kappa shape index (κ3) is 3.82. The topological polar surface area (TPSA) is 47.9 Å². The molecule has 4 heteroatoms. The fourth-order valence-corrected chi connectivity index (χ4v) is 1.78. The molecule has 0 amide bonds. The SMILES string of the molecule is COc1cc(C)ccc1OCCOc1cccc(O)c1. The third-order valence-electron chi connectivity index (χ3n) is 2.75. The van der Waals surface area contributed by atoms with Gasteiger partial charge in [0, 0.05) is 6.07 Å². The number of hydrogen-bond donors (Lipinski definition) is 1. The molecule has 1 N–H and O–H groups in total. The summed E-state index contributed by atoms with van der Waals surface area (Å²) in [4.78, 5) is 0. The van der Waals surface area contributed by atoms with Gasteiger partial charge in [0.15, 0.2) is 11.5 Å². The summed E-state index contributed by atoms with van der Waals surface area (Å²) >= 11 is 0. The van der Waals surface area contributed by atoms with E-state index in [-0.39, 0.29) is 5.75 Å². The summed E-state index contributed by atoms with van der Waals surface area (Å²) in [5.41, 5.74) is 1.12. The lowest BCUT2D eigenvalue weighted by molar-refractivity contribution is 0.211. The summed E-state index contributed by atoms with van der Waals surface area (Å²) in [7, 11) is 1.62. The molecular weight excluding hydrogens is 256 g/mol. The largest absolute Gasteiger partial charge is 0.508 e. The zero-order valence-corrected chi connectivity index (χ0v) is 11.6. The molecule has 0 heterocycles. The van der Waals surface area contributed by atoms with Gasteiger partial charge in [-0.2, -0.15) is 0 Å². The molecule has 20 heavy (non-hydrogen) atoms. The van der Waals surface area contributed by atoms with E-state index in [9.17, 15) is 5.11 Å². The maximum Gasteiger partial charge on any atom is 0.161 e. The number of aromatic hydroxyl groups is 1. The minimum Gasteiger partial charge on any atom is -0.508 e. The second-order valence-corrected chi connectivity index (χ2v) is 4.35. The number of phenolic OH excluding ortho intramolecular Hbond substituents is 1. The lowest BCUT2D eigenvalue weighted by Gasteiger charge is -2.12. The Balaban J connectivity index is 1.84. The van der Waals surface area contributed by atoms with Crippen molar-refractivity contribution in [3.8, 4) is 23.0 Å². The summed E-state index contributed by atoms with van der Waals surface area (Å²) in [5.74, 6) is 2.20. The number of aryl methyl sites for hydroxylation is 1. The molecule has 0 saturated heterocycles. The molecule has 0 aromatic heterocycles. The van der Waals surface area contributed by atoms with Gasteiger partial charge in [0.05, 0.1) is 7.11 Å². The Labute approximate surface area is 118 Å². The Kier molecular flexibility index (Phi) is 4.71. The van der Waals surface area contributed by atoms with E-state index in [0.717, 1.165) is 5.56 Å². The van der Waals surface area contributed by atoms with Crippen molar-refractivity contribution in [2.24, 2.45) is 0 Å². The van der Waals surface area contributed by atoms with Gasteiger partial charge in [0.2, 0.25) is 0 Å². The van der Waals surface area contributed by atoms with Crippen LogP contribution in [0.1, 0.15) is 5.56 Å². The highest BCUT2D eigenvalue weighted by Gasteiger charge is 2.04. The van der Waals surface area contributed by atoms with Crippen molar-refractivity contribution in [1.29, 1.82) is 0 Å². The van der Waals surface area contributed by atoms with E-state index < -0.39 is 0 Å². The molecule has 0 fully saturated rings. The van der Waals surface area contributed by atoms with Crippen molar-refractivity contribution < 1.29 is 19.3 Å². The van der Waals surface area contributed by atoms with E-state index in [1.807, 2.05) is 25.1 Å². The van der Waals surface area contributed by atoms with Crippen LogP contribution in [0.5, 0.6) is 23.0 Å². The smallest absolute Gasteiger partial charge is 0.161 e. The van der Waals surface area contributed by atoms with E-state index in [2.05, 4.69) is 0 Å². The molecule has 2 aromatic rings. The first-order valence-corrected chi connectivity index (χ1v) is 6.38. The number of rotatable bonds is 6. The van der Waals surface area contributed by atoms with Crippen LogP contribution in [0.15, 0.2) is 42.5 Å². The third-order valence-corrected chi connectivity index (χ3v) is 2.75. The zero-order chi connectivity index (χ0) is 14.4. The average Bonchev–Trinajstić information content (AvgIpc) is 2.45. The lowest BCUT2D eigenvalue weighted by atomic mass is 10.2. The predicted octanol–water partition coefficient (Wildman–Crippen LogP) is 3.17. The van der Waals surface area contributed by atoms with Crippen molar-refractivity contribution >= 4 is 0 Å². The molecule has 0 saturated carbocycles. The van der Waals surface area contributed by atoms with Crippen LogP contribution in [0.25, 0.3) is 0 Å². The van der Waals surface area contributed by atoms with Crippen molar-refractivity contribution in [3.05, 3.63) is 48.0 Å². The number of hydrogen-bond acceptors (Lipinski definition) is 4. The zero-order valence-electron chi connectivity index (χ0n) is 11.6. The normalized spacial score (nSPS) is 10.1. The van der Waals surface area contributed by atoms with Gasteiger partial charge in [-0.1, -0.05) is 12.1 Å². The monoisotopic (exact) mass is 274 g/mol. The van der Waals surface area contributed by atoms with E-state index in [4.69, 9.17) is 14.2 Å². The number of ether oxygens (including phenoxy) is 3. The Morgan fingerprint density at radius 3 is 2.50 bits per heavy atom. The Morgan fingerprint density at radius 2 is 1.75 bits per heavy atom. The molecule has 2 rings (SSSR count). The van der Waals surface area contributed by atoms with Crippen molar-refractivity contribution in [3.63, 3.8) is 0 Å². The van der Waals surface area contributed by atoms with Crippen molar-refractivity contribution in [1.82, 2.24) is 0 Å². The first kappa shape index (κ1) is 14.1. The van der Waals surface area contributed by atoms with E-state index in [1.54, 1.807) is 31.4 Å². The number of phenols is 1. The molecular formula is C16H18O4. The van der Waals surface area contributed by atoms with Crippen LogP contribution in [0, 0.1) is 6.92 Å². The summed E-state index contributed by atoms with van der Waals surface area (Å²) in [6, 6.07) is 12.4. The Morgan fingerprint density at radius 1 is 0.950 bits per heavy atom. The molecule has 0 aliphatic heterocycles. The number of methoxy groups -OCH3 is 1. The summed E-state index contributed by atoms with van der Waals surface area (Å²) in [6.07, 6.45) is 0. The highest BCUT2D eigenvalue weighted by Crippen LogP contribution is 2.27. The number of benzene rings is 2. The van der Waals surface area contributed by atoms with Gasteiger partial charge in [-0.15, -0.1) is 0 Å². The average molecular weight is 274 g/mol. The van der Waals surface area contributed by atoms with Crippen LogP contribution in [-0.2, 0) is 0 Å². The molecule has 0 aliphatic rings. The molecule has 2 aromatic carbocycles. The molecule has 0 unspecified atom stereocenters. The fraction of sp³-hybridized carbons (Fsp3) is 0.250. The van der Waals surface area contributed by atoms with E-state index >= 15 is 0 Å². The molecule has 0 bridgehead atoms. The second kappa shape index (κ2) is 6.70. The van der Waals surface area contributed by atoms with Crippen LogP contribution < -0.4 is 14.2 Å². The van der Waals surface area contributed by atoms with Crippen LogP contribution in [-0.4, -0.2) is 25.4 Å². The van der Waals surface area contributed by atoms with E-state index in [0.29, 0.717) is 30.5 Å². The minimum absolute atomic E-state index is 0.184. The van der Waals surface area contributed by atoms with Crippen LogP contribution in [0.4, 0.5) is 0 Å². The molecule has 106 valence electrons. The molecule has 0 spiro atoms. The van der Waals surface area contributed by atoms with Gasteiger partial charge in [-0.25, -0.2) is 0 Å². The van der Waals surface area contributed by atoms with E-state index in [1.165, 1.54) is 0 Å². The molecule has 0 aliphatic carbocycles. The maximum absolute atomic E-state index is 9.31. The first-order chi connectivity index (χ1) is 9.69.